The van der Waals surface area contributed by atoms with Crippen molar-refractivity contribution in [1.82, 2.24) is 5.32 Å². The number of benzene rings is 1. The molecule has 0 saturated heterocycles. The second-order valence-electron chi connectivity index (χ2n) is 5.82. The van der Waals surface area contributed by atoms with Crippen LogP contribution < -0.4 is 21.5 Å². The average molecular weight is 322 g/mol. The maximum Gasteiger partial charge on any atom is 0.408 e. The number of nitrogens with one attached hydrogen (secondary N) is 1. The zero-order valence-corrected chi connectivity index (χ0v) is 13.6. The summed E-state index contributed by atoms with van der Waals surface area (Å²) in [5.74, 6) is -0.377. The van der Waals surface area contributed by atoms with Gasteiger partial charge >= 0.3 is 12.1 Å². The molecule has 5 N–H and O–H groups in total. The standard InChI is InChI=1S/C15H22N4O4/c1-9(18-14(21)23-15(2,3)4)12(20)22-11-7-5-10(6-8-11)19-13(16)17/h5-9H,1-4H3,(H,18,21)(H4,16,17,19)/t9-/m1/s1. The second kappa shape index (κ2) is 7.48. The van der Waals surface area contributed by atoms with Gasteiger partial charge in [0, 0.05) is 0 Å². The van der Waals surface area contributed by atoms with E-state index < -0.39 is 23.7 Å². The number of carbonyl (C=O) groups excluding carboxylic acids is 2. The van der Waals surface area contributed by atoms with Gasteiger partial charge in [-0.2, -0.15) is 0 Å². The Bertz CT molecular complexity index is 586. The summed E-state index contributed by atoms with van der Waals surface area (Å²) in [6, 6.07) is 5.41. The van der Waals surface area contributed by atoms with E-state index in [9.17, 15) is 9.59 Å². The third-order valence-electron chi connectivity index (χ3n) is 2.40. The molecule has 1 atom stereocenters. The number of alkyl carbamates (subject to hydrolysis) is 1. The summed E-state index contributed by atoms with van der Waals surface area (Å²) in [7, 11) is 0. The minimum absolute atomic E-state index is 0.0649. The number of ether oxygens (including phenoxy) is 2. The SMILES string of the molecule is C[C@@H](NC(=O)OC(C)(C)C)C(=O)Oc1ccc(N=C(N)N)cc1. The number of hydrogen-bond donors (Lipinski definition) is 3. The monoisotopic (exact) mass is 322 g/mol. The zero-order valence-electron chi connectivity index (χ0n) is 13.6. The van der Waals surface area contributed by atoms with Gasteiger partial charge in [0.15, 0.2) is 5.96 Å². The van der Waals surface area contributed by atoms with Gasteiger partial charge in [0.1, 0.15) is 17.4 Å². The fourth-order valence-electron chi connectivity index (χ4n) is 1.49. The van der Waals surface area contributed by atoms with Crippen LogP contribution in [0.2, 0.25) is 0 Å². The van der Waals surface area contributed by atoms with Crippen molar-refractivity contribution in [2.24, 2.45) is 16.5 Å². The van der Waals surface area contributed by atoms with Crippen LogP contribution >= 0.6 is 0 Å². The largest absolute Gasteiger partial charge is 0.444 e. The Labute approximate surface area is 134 Å². The van der Waals surface area contributed by atoms with E-state index in [0.29, 0.717) is 11.4 Å². The number of esters is 1. The Balaban J connectivity index is 2.58. The molecule has 0 aliphatic carbocycles. The first-order chi connectivity index (χ1) is 10.6. The highest BCUT2D eigenvalue weighted by atomic mass is 16.6. The lowest BCUT2D eigenvalue weighted by molar-refractivity contribution is -0.136. The quantitative estimate of drug-likeness (QED) is 0.333. The molecular weight excluding hydrogens is 300 g/mol. The number of nitrogens with zero attached hydrogens (tertiary/aromatic N) is 1. The molecule has 0 saturated carbocycles. The maximum absolute atomic E-state index is 11.9. The van der Waals surface area contributed by atoms with Crippen molar-refractivity contribution in [3.05, 3.63) is 24.3 Å². The molecule has 0 spiro atoms. The molecule has 1 aromatic carbocycles. The van der Waals surface area contributed by atoms with Crippen molar-refractivity contribution < 1.29 is 19.1 Å². The molecule has 23 heavy (non-hydrogen) atoms. The summed E-state index contributed by atoms with van der Waals surface area (Å²) in [4.78, 5) is 27.4. The number of nitrogens with two attached hydrogens (primary N) is 2. The van der Waals surface area contributed by atoms with Crippen LogP contribution in [0.25, 0.3) is 0 Å². The van der Waals surface area contributed by atoms with Crippen LogP contribution in [-0.4, -0.2) is 29.7 Å². The molecule has 0 aliphatic rings. The van der Waals surface area contributed by atoms with Crippen molar-refractivity contribution in [2.45, 2.75) is 39.3 Å². The van der Waals surface area contributed by atoms with Gasteiger partial charge in [0.05, 0.1) is 5.69 Å². The van der Waals surface area contributed by atoms with Crippen LogP contribution in [0, 0.1) is 0 Å². The normalized spacial score (nSPS) is 12.0. The van der Waals surface area contributed by atoms with E-state index in [2.05, 4.69) is 10.3 Å². The second-order valence-corrected chi connectivity index (χ2v) is 5.82. The van der Waals surface area contributed by atoms with Gasteiger partial charge in [-0.15, -0.1) is 0 Å². The Morgan fingerprint density at radius 1 is 1.17 bits per heavy atom. The van der Waals surface area contributed by atoms with Gasteiger partial charge < -0.3 is 26.3 Å². The molecule has 8 heteroatoms. The predicted octanol–water partition coefficient (Wildman–Crippen LogP) is 1.41. The van der Waals surface area contributed by atoms with E-state index in [0.717, 1.165) is 0 Å². The molecule has 8 nitrogen and oxygen atoms in total. The fraction of sp³-hybridized carbons (Fsp3) is 0.400. The first kappa shape index (κ1) is 18.3. The number of rotatable bonds is 4. The highest BCUT2D eigenvalue weighted by molar-refractivity contribution is 5.83. The van der Waals surface area contributed by atoms with Crippen LogP contribution in [-0.2, 0) is 9.53 Å². The van der Waals surface area contributed by atoms with Gasteiger partial charge in [0.2, 0.25) is 0 Å². The van der Waals surface area contributed by atoms with Crippen LogP contribution in [0.15, 0.2) is 29.3 Å². The van der Waals surface area contributed by atoms with Crippen molar-refractivity contribution in [3.63, 3.8) is 0 Å². The molecule has 126 valence electrons. The lowest BCUT2D eigenvalue weighted by Crippen LogP contribution is -2.43. The van der Waals surface area contributed by atoms with E-state index in [-0.39, 0.29) is 5.96 Å². The minimum atomic E-state index is -0.859. The van der Waals surface area contributed by atoms with Crippen molar-refractivity contribution in [3.8, 4) is 5.75 Å². The lowest BCUT2D eigenvalue weighted by atomic mass is 10.2. The van der Waals surface area contributed by atoms with Gasteiger partial charge in [0.25, 0.3) is 0 Å². The fourth-order valence-corrected chi connectivity index (χ4v) is 1.49. The molecule has 0 radical (unpaired) electrons. The molecular formula is C15H22N4O4. The smallest absolute Gasteiger partial charge is 0.408 e. The molecule has 1 rings (SSSR count). The third-order valence-corrected chi connectivity index (χ3v) is 2.40. The van der Waals surface area contributed by atoms with Gasteiger partial charge in [-0.3, -0.25) is 0 Å². The number of guanidine groups is 1. The van der Waals surface area contributed by atoms with Gasteiger partial charge in [-0.05, 0) is 52.0 Å². The summed E-state index contributed by atoms with van der Waals surface area (Å²) in [6.45, 7) is 6.69. The van der Waals surface area contributed by atoms with Crippen LogP contribution in [0.1, 0.15) is 27.7 Å². The summed E-state index contributed by atoms with van der Waals surface area (Å²) >= 11 is 0. The molecule has 0 bridgehead atoms. The number of hydrogen-bond acceptors (Lipinski definition) is 5. The molecule has 0 aromatic heterocycles. The molecule has 0 unspecified atom stereocenters. The zero-order chi connectivity index (χ0) is 17.6. The van der Waals surface area contributed by atoms with Gasteiger partial charge in [-0.25, -0.2) is 14.6 Å². The third kappa shape index (κ3) is 7.16. The van der Waals surface area contributed by atoms with E-state index in [1.165, 1.54) is 6.92 Å². The van der Waals surface area contributed by atoms with Crippen molar-refractivity contribution in [1.29, 1.82) is 0 Å². The topological polar surface area (TPSA) is 129 Å². The Morgan fingerprint density at radius 2 is 1.74 bits per heavy atom. The van der Waals surface area contributed by atoms with E-state index >= 15 is 0 Å². The molecule has 1 aromatic rings. The average Bonchev–Trinajstić information content (AvgIpc) is 2.37. The van der Waals surface area contributed by atoms with Gasteiger partial charge in [-0.1, -0.05) is 0 Å². The van der Waals surface area contributed by atoms with Crippen LogP contribution in [0.3, 0.4) is 0 Å². The lowest BCUT2D eigenvalue weighted by Gasteiger charge is -2.21. The Kier molecular flexibility index (Phi) is 5.94. The summed E-state index contributed by atoms with van der Waals surface area (Å²) in [5, 5.41) is 2.40. The molecule has 0 heterocycles. The minimum Gasteiger partial charge on any atom is -0.444 e. The highest BCUT2D eigenvalue weighted by Crippen LogP contribution is 2.18. The Morgan fingerprint density at radius 3 is 2.22 bits per heavy atom. The van der Waals surface area contributed by atoms with Crippen molar-refractivity contribution >= 4 is 23.7 Å². The highest BCUT2D eigenvalue weighted by Gasteiger charge is 2.22. The summed E-state index contributed by atoms with van der Waals surface area (Å²) < 4.78 is 10.2. The first-order valence-corrected chi connectivity index (χ1v) is 6.98. The van der Waals surface area contributed by atoms with Crippen molar-refractivity contribution in [2.75, 3.05) is 0 Å². The molecule has 1 amide bonds. The van der Waals surface area contributed by atoms with Crippen LogP contribution in [0.5, 0.6) is 5.75 Å². The van der Waals surface area contributed by atoms with E-state index in [1.54, 1.807) is 45.0 Å². The number of carbonyl (C=O) groups is 2. The van der Waals surface area contributed by atoms with E-state index in [1.807, 2.05) is 0 Å². The molecule has 0 fully saturated rings. The summed E-state index contributed by atoms with van der Waals surface area (Å²) in [5.41, 5.74) is 10.4. The Hall–Kier alpha value is -2.77. The summed E-state index contributed by atoms with van der Waals surface area (Å²) in [6.07, 6.45) is -0.690. The number of aliphatic imine (C=N–C) groups is 1. The predicted molar refractivity (Wildman–Crippen MR) is 86.4 cm³/mol. The maximum atomic E-state index is 11.9. The van der Waals surface area contributed by atoms with E-state index in [4.69, 9.17) is 20.9 Å². The molecule has 0 aliphatic heterocycles. The first-order valence-electron chi connectivity index (χ1n) is 6.98. The van der Waals surface area contributed by atoms with Crippen LogP contribution in [0.4, 0.5) is 10.5 Å². The number of amides is 1.